The van der Waals surface area contributed by atoms with Crippen LogP contribution in [0.1, 0.15) is 32.1 Å². The standard InChI is InChI=1S/C16H20F4N2O4/c17-11-6-8-12(9-7-11)22-13(23)5-3-1-2-4-10-21-14(24)15(25,26)16(18,19)20/h6-9,25-26H,1-5,10H2,(H,21,24)(H,22,23). The van der Waals surface area contributed by atoms with Gasteiger partial charge in [-0.2, -0.15) is 13.2 Å². The van der Waals surface area contributed by atoms with Crippen molar-refractivity contribution in [3.63, 3.8) is 0 Å². The number of amides is 2. The highest BCUT2D eigenvalue weighted by Crippen LogP contribution is 2.28. The minimum absolute atomic E-state index is 0.153. The van der Waals surface area contributed by atoms with Crippen molar-refractivity contribution in [3.8, 4) is 0 Å². The van der Waals surface area contributed by atoms with Crippen molar-refractivity contribution in [1.29, 1.82) is 0 Å². The molecule has 146 valence electrons. The van der Waals surface area contributed by atoms with Crippen molar-refractivity contribution in [3.05, 3.63) is 30.1 Å². The number of carbonyl (C=O) groups excluding carboxylic acids is 2. The number of unbranched alkanes of at least 4 members (excludes halogenated alkanes) is 3. The van der Waals surface area contributed by atoms with E-state index in [2.05, 4.69) is 5.32 Å². The maximum Gasteiger partial charge on any atom is 0.453 e. The third kappa shape index (κ3) is 6.96. The average Bonchev–Trinajstić information content (AvgIpc) is 2.54. The van der Waals surface area contributed by atoms with Gasteiger partial charge in [0, 0.05) is 18.7 Å². The Morgan fingerprint density at radius 1 is 0.962 bits per heavy atom. The van der Waals surface area contributed by atoms with Crippen LogP contribution in [0.2, 0.25) is 0 Å². The van der Waals surface area contributed by atoms with E-state index in [1.165, 1.54) is 24.3 Å². The van der Waals surface area contributed by atoms with Crippen molar-refractivity contribution < 1.29 is 37.4 Å². The van der Waals surface area contributed by atoms with Crippen molar-refractivity contribution in [2.45, 2.75) is 44.1 Å². The van der Waals surface area contributed by atoms with Gasteiger partial charge >= 0.3 is 12.0 Å². The molecule has 0 aliphatic rings. The van der Waals surface area contributed by atoms with Crippen LogP contribution in [0, 0.1) is 5.82 Å². The Bertz CT molecular complexity index is 603. The Kier molecular flexibility index (Phi) is 7.97. The summed E-state index contributed by atoms with van der Waals surface area (Å²) >= 11 is 0. The molecule has 6 nitrogen and oxygen atoms in total. The summed E-state index contributed by atoms with van der Waals surface area (Å²) in [5, 5.41) is 21.8. The van der Waals surface area contributed by atoms with Crippen LogP contribution < -0.4 is 10.6 Å². The molecule has 0 aliphatic heterocycles. The lowest BCUT2D eigenvalue weighted by Crippen LogP contribution is -2.57. The fourth-order valence-corrected chi connectivity index (χ4v) is 1.97. The van der Waals surface area contributed by atoms with E-state index in [0.717, 1.165) is 0 Å². The second-order valence-corrected chi connectivity index (χ2v) is 5.65. The monoisotopic (exact) mass is 380 g/mol. The van der Waals surface area contributed by atoms with Gasteiger partial charge in [-0.05, 0) is 37.1 Å². The van der Waals surface area contributed by atoms with E-state index in [1.807, 2.05) is 0 Å². The molecule has 0 radical (unpaired) electrons. The Morgan fingerprint density at radius 2 is 1.54 bits per heavy atom. The molecule has 1 aromatic rings. The zero-order valence-corrected chi connectivity index (χ0v) is 13.8. The second kappa shape index (κ2) is 9.48. The Morgan fingerprint density at radius 3 is 2.12 bits per heavy atom. The number of alkyl halides is 3. The lowest BCUT2D eigenvalue weighted by molar-refractivity contribution is -0.328. The fraction of sp³-hybridized carbons (Fsp3) is 0.500. The topological polar surface area (TPSA) is 98.7 Å². The lowest BCUT2D eigenvalue weighted by Gasteiger charge is -2.22. The molecular formula is C16H20F4N2O4. The highest BCUT2D eigenvalue weighted by Gasteiger charge is 2.58. The Balaban J connectivity index is 2.13. The third-order valence-corrected chi connectivity index (χ3v) is 3.46. The molecular weight excluding hydrogens is 360 g/mol. The molecule has 0 aromatic heterocycles. The molecule has 1 aromatic carbocycles. The van der Waals surface area contributed by atoms with Crippen molar-refractivity contribution in [2.75, 3.05) is 11.9 Å². The van der Waals surface area contributed by atoms with Gasteiger partial charge in [0.15, 0.2) is 0 Å². The van der Waals surface area contributed by atoms with Gasteiger partial charge in [-0.25, -0.2) is 4.39 Å². The first-order valence-electron chi connectivity index (χ1n) is 7.89. The number of aliphatic hydroxyl groups is 2. The van der Waals surface area contributed by atoms with Crippen molar-refractivity contribution >= 4 is 17.5 Å². The highest BCUT2D eigenvalue weighted by molar-refractivity contribution is 5.90. The SMILES string of the molecule is O=C(CCCCCCNC(=O)C(O)(O)C(F)(F)F)Nc1ccc(F)cc1. The van der Waals surface area contributed by atoms with Gasteiger partial charge in [-0.15, -0.1) is 0 Å². The number of halogens is 4. The molecule has 2 amide bonds. The van der Waals surface area contributed by atoms with Crippen molar-refractivity contribution in [1.82, 2.24) is 5.32 Å². The van der Waals surface area contributed by atoms with Crippen LogP contribution in [0.15, 0.2) is 24.3 Å². The van der Waals surface area contributed by atoms with Crippen LogP contribution in [0.5, 0.6) is 0 Å². The average molecular weight is 380 g/mol. The zero-order valence-electron chi connectivity index (χ0n) is 13.8. The first-order valence-corrected chi connectivity index (χ1v) is 7.89. The summed E-state index contributed by atoms with van der Waals surface area (Å²) in [4.78, 5) is 22.7. The van der Waals surface area contributed by atoms with Gasteiger partial charge in [-0.1, -0.05) is 12.8 Å². The molecule has 0 heterocycles. The molecule has 0 atom stereocenters. The minimum Gasteiger partial charge on any atom is -0.351 e. The number of hydrogen-bond acceptors (Lipinski definition) is 4. The molecule has 26 heavy (non-hydrogen) atoms. The summed E-state index contributed by atoms with van der Waals surface area (Å²) < 4.78 is 49.3. The fourth-order valence-electron chi connectivity index (χ4n) is 1.97. The van der Waals surface area contributed by atoms with Crippen LogP contribution in [-0.4, -0.2) is 40.5 Å². The Labute approximate surface area is 147 Å². The molecule has 0 fully saturated rings. The van der Waals surface area contributed by atoms with Gasteiger partial charge in [0.25, 0.3) is 5.91 Å². The van der Waals surface area contributed by atoms with E-state index < -0.39 is 23.7 Å². The van der Waals surface area contributed by atoms with E-state index in [-0.39, 0.29) is 18.9 Å². The van der Waals surface area contributed by atoms with Crippen LogP contribution >= 0.6 is 0 Å². The molecule has 1 rings (SSSR count). The highest BCUT2D eigenvalue weighted by atomic mass is 19.4. The minimum atomic E-state index is -5.48. The first kappa shape index (κ1) is 21.8. The predicted molar refractivity (Wildman–Crippen MR) is 84.3 cm³/mol. The number of benzene rings is 1. The summed E-state index contributed by atoms with van der Waals surface area (Å²) in [6.45, 7) is -0.153. The molecule has 0 saturated heterocycles. The summed E-state index contributed by atoms with van der Waals surface area (Å²) in [7, 11) is 0. The van der Waals surface area contributed by atoms with Gasteiger partial charge in [-0.3, -0.25) is 9.59 Å². The predicted octanol–water partition coefficient (Wildman–Crippen LogP) is 2.07. The number of anilines is 1. The molecule has 0 saturated carbocycles. The molecule has 10 heteroatoms. The van der Waals surface area contributed by atoms with Crippen molar-refractivity contribution in [2.24, 2.45) is 0 Å². The molecule has 4 N–H and O–H groups in total. The van der Waals surface area contributed by atoms with Gasteiger partial charge < -0.3 is 20.8 Å². The van der Waals surface area contributed by atoms with E-state index in [9.17, 15) is 27.2 Å². The number of nitrogens with one attached hydrogen (secondary N) is 2. The van der Waals surface area contributed by atoms with Crippen LogP contribution in [0.4, 0.5) is 23.2 Å². The van der Waals surface area contributed by atoms with E-state index in [1.54, 1.807) is 5.32 Å². The second-order valence-electron chi connectivity index (χ2n) is 5.65. The molecule has 0 aliphatic carbocycles. The number of hydrogen-bond donors (Lipinski definition) is 4. The largest absolute Gasteiger partial charge is 0.453 e. The quantitative estimate of drug-likeness (QED) is 0.299. The van der Waals surface area contributed by atoms with Gasteiger partial charge in [0.1, 0.15) is 5.82 Å². The van der Waals surface area contributed by atoms with E-state index >= 15 is 0 Å². The maximum atomic E-state index is 12.7. The van der Waals surface area contributed by atoms with Crippen LogP contribution in [0.25, 0.3) is 0 Å². The van der Waals surface area contributed by atoms with Gasteiger partial charge in [0.05, 0.1) is 0 Å². The summed E-state index contributed by atoms with van der Waals surface area (Å²) in [6.07, 6.45) is -3.30. The first-order chi connectivity index (χ1) is 12.0. The maximum absolute atomic E-state index is 12.7. The summed E-state index contributed by atoms with van der Waals surface area (Å²) in [5.41, 5.74) is 0.472. The third-order valence-electron chi connectivity index (χ3n) is 3.46. The van der Waals surface area contributed by atoms with Crippen LogP contribution in [-0.2, 0) is 9.59 Å². The van der Waals surface area contributed by atoms with E-state index in [0.29, 0.717) is 31.4 Å². The molecule has 0 spiro atoms. The zero-order chi connectivity index (χ0) is 19.8. The smallest absolute Gasteiger partial charge is 0.351 e. The van der Waals surface area contributed by atoms with Crippen LogP contribution in [0.3, 0.4) is 0 Å². The normalized spacial score (nSPS) is 11.9. The molecule has 0 unspecified atom stereocenters. The lowest BCUT2D eigenvalue weighted by atomic mass is 10.1. The summed E-state index contributed by atoms with van der Waals surface area (Å²) in [6, 6.07) is 5.30. The van der Waals surface area contributed by atoms with Gasteiger partial charge in [0.2, 0.25) is 5.91 Å². The number of rotatable bonds is 9. The Hall–Kier alpha value is -2.20. The number of carbonyl (C=O) groups is 2. The molecule has 0 bridgehead atoms. The van der Waals surface area contributed by atoms with E-state index in [4.69, 9.17) is 10.2 Å². The summed E-state index contributed by atoms with van der Waals surface area (Å²) in [5.74, 6) is -7.00.